The fourth-order valence-corrected chi connectivity index (χ4v) is 2.96. The van der Waals surface area contributed by atoms with Gasteiger partial charge in [-0.2, -0.15) is 0 Å². The van der Waals surface area contributed by atoms with E-state index in [9.17, 15) is 9.90 Å². The van der Waals surface area contributed by atoms with E-state index in [1.807, 2.05) is 13.8 Å². The minimum Gasteiger partial charge on any atom is -0.480 e. The minimum atomic E-state index is -0.901. The summed E-state index contributed by atoms with van der Waals surface area (Å²) < 4.78 is 5.93. The van der Waals surface area contributed by atoms with Crippen LogP contribution < -0.4 is 5.32 Å². The number of rotatable bonds is 7. The van der Waals surface area contributed by atoms with Crippen LogP contribution in [-0.4, -0.2) is 35.4 Å². The molecule has 0 radical (unpaired) electrons. The van der Waals surface area contributed by atoms with Gasteiger partial charge in [-0.25, -0.2) is 0 Å². The molecule has 4 atom stereocenters. The Morgan fingerprint density at radius 2 is 2.00 bits per heavy atom. The summed E-state index contributed by atoms with van der Waals surface area (Å²) in [5.74, 6) is 0.676. The molecule has 0 saturated heterocycles. The Bertz CT molecular complexity index is 319. The largest absolute Gasteiger partial charge is 0.480 e. The molecule has 0 bridgehead atoms. The van der Waals surface area contributed by atoms with Crippen molar-refractivity contribution in [2.45, 2.75) is 78.0 Å². The molecule has 0 aromatic carbocycles. The van der Waals surface area contributed by atoms with Crippen LogP contribution in [-0.2, 0) is 9.53 Å². The van der Waals surface area contributed by atoms with Gasteiger partial charge in [0.15, 0.2) is 0 Å². The summed E-state index contributed by atoms with van der Waals surface area (Å²) in [7, 11) is 0. The van der Waals surface area contributed by atoms with Crippen molar-refractivity contribution in [3.63, 3.8) is 0 Å². The zero-order valence-corrected chi connectivity index (χ0v) is 13.6. The number of hydrogen-bond donors (Lipinski definition) is 2. The fraction of sp³-hybridized carbons (Fsp3) is 0.938. The SMILES string of the molecule is CC(C)NC(C)(CCOC1CCC(C)C(C)C1)C(=O)O. The highest BCUT2D eigenvalue weighted by Gasteiger charge is 2.33. The fourth-order valence-electron chi connectivity index (χ4n) is 2.96. The first kappa shape index (κ1) is 17.4. The van der Waals surface area contributed by atoms with Gasteiger partial charge >= 0.3 is 5.97 Å². The molecule has 0 aliphatic heterocycles. The zero-order chi connectivity index (χ0) is 15.3. The molecule has 4 unspecified atom stereocenters. The number of nitrogens with one attached hydrogen (secondary N) is 1. The maximum atomic E-state index is 11.4. The smallest absolute Gasteiger partial charge is 0.323 e. The average Bonchev–Trinajstić information content (AvgIpc) is 2.32. The number of carboxylic acids is 1. The van der Waals surface area contributed by atoms with E-state index in [1.54, 1.807) is 6.92 Å². The quantitative estimate of drug-likeness (QED) is 0.755. The second kappa shape index (κ2) is 7.41. The maximum absolute atomic E-state index is 11.4. The molecule has 118 valence electrons. The van der Waals surface area contributed by atoms with E-state index >= 15 is 0 Å². The Morgan fingerprint density at radius 3 is 2.50 bits per heavy atom. The molecule has 0 spiro atoms. The highest BCUT2D eigenvalue weighted by Crippen LogP contribution is 2.31. The average molecular weight is 285 g/mol. The van der Waals surface area contributed by atoms with Gasteiger partial charge in [0.25, 0.3) is 0 Å². The van der Waals surface area contributed by atoms with Crippen LogP contribution in [0.1, 0.15) is 60.3 Å². The standard InChI is InChI=1S/C16H31NO3/c1-11(2)17-16(5,15(18)19)8-9-20-14-7-6-12(3)13(4)10-14/h11-14,17H,6-10H2,1-5H3,(H,18,19). The van der Waals surface area contributed by atoms with Gasteiger partial charge in [0.2, 0.25) is 0 Å². The third kappa shape index (κ3) is 5.06. The van der Waals surface area contributed by atoms with Gasteiger partial charge in [0.05, 0.1) is 6.10 Å². The molecular weight excluding hydrogens is 254 g/mol. The van der Waals surface area contributed by atoms with E-state index in [1.165, 1.54) is 6.42 Å². The lowest BCUT2D eigenvalue weighted by Gasteiger charge is -2.33. The van der Waals surface area contributed by atoms with E-state index in [-0.39, 0.29) is 6.04 Å². The van der Waals surface area contributed by atoms with Crippen molar-refractivity contribution in [3.8, 4) is 0 Å². The molecule has 4 heteroatoms. The lowest BCUT2D eigenvalue weighted by Crippen LogP contribution is -2.53. The normalized spacial score (nSPS) is 30.2. The van der Waals surface area contributed by atoms with E-state index in [0.29, 0.717) is 25.0 Å². The highest BCUT2D eigenvalue weighted by molar-refractivity contribution is 5.78. The molecule has 4 nitrogen and oxygen atoms in total. The Balaban J connectivity index is 2.39. The minimum absolute atomic E-state index is 0.145. The van der Waals surface area contributed by atoms with Crippen molar-refractivity contribution in [2.75, 3.05) is 6.61 Å². The second-order valence-electron chi connectivity index (χ2n) is 6.95. The number of carboxylic acid groups (broad SMARTS) is 1. The monoisotopic (exact) mass is 285 g/mol. The van der Waals surface area contributed by atoms with Crippen molar-refractivity contribution < 1.29 is 14.6 Å². The van der Waals surface area contributed by atoms with Gasteiger partial charge in [-0.3, -0.25) is 10.1 Å². The van der Waals surface area contributed by atoms with Crippen LogP contribution >= 0.6 is 0 Å². The van der Waals surface area contributed by atoms with Gasteiger partial charge in [-0.15, -0.1) is 0 Å². The lowest BCUT2D eigenvalue weighted by atomic mass is 9.80. The van der Waals surface area contributed by atoms with Crippen molar-refractivity contribution in [1.82, 2.24) is 5.32 Å². The van der Waals surface area contributed by atoms with Gasteiger partial charge in [-0.05, 0) is 58.3 Å². The van der Waals surface area contributed by atoms with Crippen LogP contribution in [0.4, 0.5) is 0 Å². The summed E-state index contributed by atoms with van der Waals surface area (Å²) in [6, 6.07) is 0.145. The van der Waals surface area contributed by atoms with Crippen LogP contribution in [0.5, 0.6) is 0 Å². The Labute approximate surface area is 123 Å². The summed E-state index contributed by atoms with van der Waals surface area (Å²) in [4.78, 5) is 11.4. The third-order valence-corrected chi connectivity index (χ3v) is 4.58. The van der Waals surface area contributed by atoms with Gasteiger partial charge in [-0.1, -0.05) is 13.8 Å². The number of ether oxygens (including phenoxy) is 1. The molecule has 1 aliphatic rings. The van der Waals surface area contributed by atoms with Crippen LogP contribution in [0.2, 0.25) is 0 Å². The zero-order valence-electron chi connectivity index (χ0n) is 13.6. The first-order valence-electron chi connectivity index (χ1n) is 7.87. The van der Waals surface area contributed by atoms with Crippen LogP contribution in [0, 0.1) is 11.8 Å². The van der Waals surface area contributed by atoms with Gasteiger partial charge < -0.3 is 9.84 Å². The molecule has 0 amide bonds. The third-order valence-electron chi connectivity index (χ3n) is 4.58. The van der Waals surface area contributed by atoms with E-state index < -0.39 is 11.5 Å². The summed E-state index contributed by atoms with van der Waals surface area (Å²) in [5, 5.41) is 12.5. The summed E-state index contributed by atoms with van der Waals surface area (Å²) in [5.41, 5.74) is -0.901. The first-order valence-corrected chi connectivity index (χ1v) is 7.87. The molecule has 20 heavy (non-hydrogen) atoms. The predicted octanol–water partition coefficient (Wildman–Crippen LogP) is 3.06. The topological polar surface area (TPSA) is 58.6 Å². The van der Waals surface area contributed by atoms with Crippen LogP contribution in [0.3, 0.4) is 0 Å². The maximum Gasteiger partial charge on any atom is 0.323 e. The molecule has 2 N–H and O–H groups in total. The van der Waals surface area contributed by atoms with E-state index in [4.69, 9.17) is 4.74 Å². The molecule has 0 aromatic rings. The first-order chi connectivity index (χ1) is 9.24. The summed E-state index contributed by atoms with van der Waals surface area (Å²) >= 11 is 0. The molecule has 1 rings (SSSR count). The molecule has 1 saturated carbocycles. The molecule has 0 heterocycles. The number of carbonyl (C=O) groups is 1. The Kier molecular flexibility index (Phi) is 6.46. The van der Waals surface area contributed by atoms with Gasteiger partial charge in [0, 0.05) is 12.6 Å². The Morgan fingerprint density at radius 1 is 1.35 bits per heavy atom. The molecular formula is C16H31NO3. The van der Waals surface area contributed by atoms with E-state index in [0.717, 1.165) is 18.8 Å². The molecule has 1 fully saturated rings. The van der Waals surface area contributed by atoms with Crippen molar-refractivity contribution in [2.24, 2.45) is 11.8 Å². The predicted molar refractivity (Wildman–Crippen MR) is 80.8 cm³/mol. The van der Waals surface area contributed by atoms with Gasteiger partial charge in [0.1, 0.15) is 5.54 Å². The van der Waals surface area contributed by atoms with Crippen LogP contribution in [0.15, 0.2) is 0 Å². The summed E-state index contributed by atoms with van der Waals surface area (Å²) in [6.45, 7) is 10.8. The van der Waals surface area contributed by atoms with E-state index in [2.05, 4.69) is 19.2 Å². The summed E-state index contributed by atoms with van der Waals surface area (Å²) in [6.07, 6.45) is 4.22. The number of aliphatic carboxylic acids is 1. The lowest BCUT2D eigenvalue weighted by molar-refractivity contribution is -0.145. The highest BCUT2D eigenvalue weighted by atomic mass is 16.5. The Hall–Kier alpha value is -0.610. The molecule has 1 aliphatic carbocycles. The van der Waals surface area contributed by atoms with Crippen molar-refractivity contribution in [1.29, 1.82) is 0 Å². The van der Waals surface area contributed by atoms with Crippen LogP contribution in [0.25, 0.3) is 0 Å². The number of hydrogen-bond acceptors (Lipinski definition) is 3. The molecule has 0 aromatic heterocycles. The van der Waals surface area contributed by atoms with Crippen molar-refractivity contribution >= 4 is 5.97 Å². The van der Waals surface area contributed by atoms with Crippen molar-refractivity contribution in [3.05, 3.63) is 0 Å². The second-order valence-corrected chi connectivity index (χ2v) is 6.95.